The third-order valence-corrected chi connectivity index (χ3v) is 8.09. The minimum Gasteiger partial charge on any atom is -0.495 e. The number of benzene rings is 4. The molecule has 39 heavy (non-hydrogen) atoms. The van der Waals surface area contributed by atoms with E-state index >= 15 is 0 Å². The maximum absolute atomic E-state index is 13.0. The molecular weight excluding hydrogens is 534 g/mol. The number of amides is 1. The Morgan fingerprint density at radius 1 is 0.923 bits per heavy atom. The molecule has 8 nitrogen and oxygen atoms in total. The molecule has 0 atom stereocenters. The van der Waals surface area contributed by atoms with Crippen LogP contribution in [-0.2, 0) is 14.8 Å². The standard InChI is InChI=1S/C29H25N3O5S2/c1-36-25-15-9-8-14-23(25)32-39(34,35)22-16-17-26-24(18-22)30-29(37-26)38-19-27(33)31-28(20-10-4-2-5-11-20)21-12-6-3-7-13-21/h2-18,28,32H,19H2,1H3,(H,31,33). The first-order valence-corrected chi connectivity index (χ1v) is 14.5. The Bertz CT molecular complexity index is 1650. The van der Waals surface area contributed by atoms with Crippen molar-refractivity contribution in [2.24, 2.45) is 0 Å². The number of thioether (sulfide) groups is 1. The van der Waals surface area contributed by atoms with Gasteiger partial charge in [-0.05, 0) is 41.5 Å². The molecule has 1 aromatic heterocycles. The average Bonchev–Trinajstić information content (AvgIpc) is 3.38. The monoisotopic (exact) mass is 559 g/mol. The van der Waals surface area contributed by atoms with Gasteiger partial charge in [0, 0.05) is 0 Å². The minimum atomic E-state index is -3.90. The molecule has 5 rings (SSSR count). The summed E-state index contributed by atoms with van der Waals surface area (Å²) < 4.78 is 39.5. The van der Waals surface area contributed by atoms with Gasteiger partial charge in [0.25, 0.3) is 15.2 Å². The number of carbonyl (C=O) groups is 1. The average molecular weight is 560 g/mol. The molecule has 0 aliphatic heterocycles. The lowest BCUT2D eigenvalue weighted by molar-refractivity contribution is -0.119. The van der Waals surface area contributed by atoms with E-state index in [2.05, 4.69) is 15.0 Å². The quantitative estimate of drug-likeness (QED) is 0.213. The highest BCUT2D eigenvalue weighted by Crippen LogP contribution is 2.29. The van der Waals surface area contributed by atoms with Crippen LogP contribution in [0.4, 0.5) is 5.69 Å². The van der Waals surface area contributed by atoms with Crippen molar-refractivity contribution in [3.05, 3.63) is 114 Å². The van der Waals surface area contributed by atoms with Crippen LogP contribution in [0.3, 0.4) is 0 Å². The molecule has 0 aliphatic rings. The largest absolute Gasteiger partial charge is 0.495 e. The number of hydrogen-bond donors (Lipinski definition) is 2. The highest BCUT2D eigenvalue weighted by molar-refractivity contribution is 7.99. The van der Waals surface area contributed by atoms with Crippen LogP contribution >= 0.6 is 11.8 Å². The number of carbonyl (C=O) groups excluding carboxylic acids is 1. The molecule has 2 N–H and O–H groups in total. The van der Waals surface area contributed by atoms with E-state index in [0.717, 1.165) is 22.9 Å². The first-order chi connectivity index (χ1) is 18.9. The molecule has 0 aliphatic carbocycles. The molecule has 10 heteroatoms. The lowest BCUT2D eigenvalue weighted by atomic mass is 9.99. The Morgan fingerprint density at radius 2 is 1.56 bits per heavy atom. The van der Waals surface area contributed by atoms with Gasteiger partial charge >= 0.3 is 0 Å². The van der Waals surface area contributed by atoms with Crippen molar-refractivity contribution in [2.75, 3.05) is 17.6 Å². The van der Waals surface area contributed by atoms with Crippen LogP contribution in [0.25, 0.3) is 11.1 Å². The molecule has 0 saturated carbocycles. The molecule has 198 valence electrons. The number of methoxy groups -OCH3 is 1. The fraction of sp³-hybridized carbons (Fsp3) is 0.103. The summed E-state index contributed by atoms with van der Waals surface area (Å²) >= 11 is 1.14. The van der Waals surface area contributed by atoms with Crippen LogP contribution < -0.4 is 14.8 Å². The number of anilines is 1. The van der Waals surface area contributed by atoms with Gasteiger partial charge in [0.15, 0.2) is 5.58 Å². The minimum absolute atomic E-state index is 0.0251. The summed E-state index contributed by atoms with van der Waals surface area (Å²) in [6, 6.07) is 30.4. The number of sulfonamides is 1. The smallest absolute Gasteiger partial charge is 0.262 e. The van der Waals surface area contributed by atoms with Gasteiger partial charge in [-0.1, -0.05) is 84.6 Å². The van der Waals surface area contributed by atoms with Crippen LogP contribution in [0.2, 0.25) is 0 Å². The summed E-state index contributed by atoms with van der Waals surface area (Å²) in [5.41, 5.74) is 3.05. The first kappa shape index (κ1) is 26.3. The molecule has 0 spiro atoms. The van der Waals surface area contributed by atoms with E-state index in [1.54, 1.807) is 30.3 Å². The van der Waals surface area contributed by atoms with E-state index in [1.165, 1.54) is 19.2 Å². The van der Waals surface area contributed by atoms with E-state index < -0.39 is 10.0 Å². The molecule has 0 fully saturated rings. The maximum Gasteiger partial charge on any atom is 0.262 e. The zero-order valence-electron chi connectivity index (χ0n) is 20.9. The predicted octanol–water partition coefficient (Wildman–Crippen LogP) is 5.64. The number of ether oxygens (including phenoxy) is 1. The van der Waals surface area contributed by atoms with Crippen molar-refractivity contribution in [2.45, 2.75) is 16.2 Å². The van der Waals surface area contributed by atoms with Crippen molar-refractivity contribution in [1.82, 2.24) is 10.3 Å². The zero-order chi connectivity index (χ0) is 27.2. The Morgan fingerprint density at radius 3 is 2.23 bits per heavy atom. The molecule has 0 radical (unpaired) electrons. The second kappa shape index (κ2) is 11.6. The number of fused-ring (bicyclic) bond motifs is 1. The van der Waals surface area contributed by atoms with E-state index in [4.69, 9.17) is 9.15 Å². The summed E-state index contributed by atoms with van der Waals surface area (Å²) in [6.07, 6.45) is 0. The molecule has 0 saturated heterocycles. The Hall–Kier alpha value is -4.28. The van der Waals surface area contributed by atoms with E-state index in [1.807, 2.05) is 60.7 Å². The van der Waals surface area contributed by atoms with Crippen LogP contribution in [-0.4, -0.2) is 32.2 Å². The van der Waals surface area contributed by atoms with Crippen molar-refractivity contribution >= 4 is 44.5 Å². The van der Waals surface area contributed by atoms with Crippen molar-refractivity contribution in [3.8, 4) is 5.75 Å². The topological polar surface area (TPSA) is 111 Å². The van der Waals surface area contributed by atoms with Gasteiger partial charge in [-0.3, -0.25) is 9.52 Å². The van der Waals surface area contributed by atoms with Crippen LogP contribution in [0.5, 0.6) is 5.75 Å². The second-order valence-electron chi connectivity index (χ2n) is 8.53. The summed E-state index contributed by atoms with van der Waals surface area (Å²) in [6.45, 7) is 0. The summed E-state index contributed by atoms with van der Waals surface area (Å²) in [7, 11) is -2.43. The number of rotatable bonds is 10. The van der Waals surface area contributed by atoms with Gasteiger partial charge < -0.3 is 14.5 Å². The fourth-order valence-corrected chi connectivity index (χ4v) is 5.77. The molecule has 5 aromatic rings. The fourth-order valence-electron chi connectivity index (χ4n) is 4.03. The number of para-hydroxylation sites is 2. The highest BCUT2D eigenvalue weighted by Gasteiger charge is 2.20. The predicted molar refractivity (Wildman–Crippen MR) is 151 cm³/mol. The Labute approximate surface area is 230 Å². The van der Waals surface area contributed by atoms with Gasteiger partial charge in [0.2, 0.25) is 5.91 Å². The third kappa shape index (κ3) is 6.24. The van der Waals surface area contributed by atoms with Crippen molar-refractivity contribution in [1.29, 1.82) is 0 Å². The Balaban J connectivity index is 1.28. The van der Waals surface area contributed by atoms with Gasteiger partial charge in [0.05, 0.1) is 29.5 Å². The van der Waals surface area contributed by atoms with E-state index in [9.17, 15) is 13.2 Å². The zero-order valence-corrected chi connectivity index (χ0v) is 22.5. The van der Waals surface area contributed by atoms with Crippen molar-refractivity contribution < 1.29 is 22.4 Å². The summed E-state index contributed by atoms with van der Waals surface area (Å²) in [5, 5.41) is 3.36. The number of oxazole rings is 1. The Kier molecular flexibility index (Phi) is 7.85. The molecule has 4 aromatic carbocycles. The number of aromatic nitrogens is 1. The summed E-state index contributed by atoms with van der Waals surface area (Å²) in [4.78, 5) is 17.3. The molecule has 0 unspecified atom stereocenters. The lowest BCUT2D eigenvalue weighted by Gasteiger charge is -2.19. The van der Waals surface area contributed by atoms with Gasteiger partial charge in [-0.25, -0.2) is 13.4 Å². The van der Waals surface area contributed by atoms with Crippen LogP contribution in [0.15, 0.2) is 118 Å². The number of hydrogen-bond acceptors (Lipinski definition) is 7. The molecular formula is C29H25N3O5S2. The third-order valence-electron chi connectivity index (χ3n) is 5.90. The summed E-state index contributed by atoms with van der Waals surface area (Å²) in [5.74, 6) is 0.287. The SMILES string of the molecule is COc1ccccc1NS(=O)(=O)c1ccc2oc(SCC(=O)NC(c3ccccc3)c3ccccc3)nc2c1. The number of nitrogens with one attached hydrogen (secondary N) is 2. The van der Waals surface area contributed by atoms with Crippen molar-refractivity contribution in [3.63, 3.8) is 0 Å². The normalized spacial score (nSPS) is 11.4. The first-order valence-electron chi connectivity index (χ1n) is 12.0. The van der Waals surface area contributed by atoms with Crippen LogP contribution in [0.1, 0.15) is 17.2 Å². The van der Waals surface area contributed by atoms with Crippen LogP contribution in [0, 0.1) is 0 Å². The van der Waals surface area contributed by atoms with E-state index in [0.29, 0.717) is 22.5 Å². The van der Waals surface area contributed by atoms with E-state index in [-0.39, 0.29) is 27.8 Å². The second-order valence-corrected chi connectivity index (χ2v) is 11.1. The maximum atomic E-state index is 13.0. The molecule has 1 amide bonds. The lowest BCUT2D eigenvalue weighted by Crippen LogP contribution is -2.30. The molecule has 1 heterocycles. The van der Waals surface area contributed by atoms with Gasteiger partial charge in [0.1, 0.15) is 11.3 Å². The van der Waals surface area contributed by atoms with Gasteiger partial charge in [-0.15, -0.1) is 0 Å². The highest BCUT2D eigenvalue weighted by atomic mass is 32.2. The molecule has 0 bridgehead atoms. The van der Waals surface area contributed by atoms with Gasteiger partial charge in [-0.2, -0.15) is 0 Å². The number of nitrogens with zero attached hydrogens (tertiary/aromatic N) is 1.